The van der Waals surface area contributed by atoms with Gasteiger partial charge in [0.05, 0.1) is 0 Å². The van der Waals surface area contributed by atoms with E-state index >= 15 is 0 Å². The molecule has 0 amide bonds. The van der Waals surface area contributed by atoms with E-state index in [4.69, 9.17) is 11.5 Å². The van der Waals surface area contributed by atoms with Crippen LogP contribution in [-0.4, -0.2) is 13.1 Å². The van der Waals surface area contributed by atoms with Gasteiger partial charge in [0, 0.05) is 12.1 Å². The van der Waals surface area contributed by atoms with Gasteiger partial charge in [0.1, 0.15) is 0 Å². The molecule has 3 nitrogen and oxygen atoms in total. The molecule has 0 saturated carbocycles. The van der Waals surface area contributed by atoms with E-state index in [-0.39, 0.29) is 12.1 Å². The van der Waals surface area contributed by atoms with Gasteiger partial charge in [-0.15, -0.1) is 13.1 Å². The third-order valence-corrected chi connectivity index (χ3v) is 4.75. The van der Waals surface area contributed by atoms with Gasteiger partial charge in [-0.3, -0.25) is 0 Å². The molecule has 27 heavy (non-hydrogen) atoms. The van der Waals surface area contributed by atoms with Crippen molar-refractivity contribution in [3.8, 4) is 0 Å². The van der Waals surface area contributed by atoms with Crippen LogP contribution in [0.3, 0.4) is 0 Å². The van der Waals surface area contributed by atoms with Crippen molar-refractivity contribution in [2.45, 2.75) is 46.2 Å². The Balaban J connectivity index is 0.00000114. The molecule has 0 saturated heterocycles. The minimum absolute atomic E-state index is 0.0337. The Morgan fingerprint density at radius 3 is 1.59 bits per heavy atom. The molecule has 0 aliphatic carbocycles. The van der Waals surface area contributed by atoms with E-state index in [2.05, 4.69) is 97.7 Å². The quantitative estimate of drug-likeness (QED) is 0.417. The number of nitrogens with zero attached hydrogens (tertiary/aromatic N) is 1. The third-order valence-electron chi connectivity index (χ3n) is 4.75. The van der Waals surface area contributed by atoms with Gasteiger partial charge in [0.15, 0.2) is 0 Å². The number of benzene rings is 2. The summed E-state index contributed by atoms with van der Waals surface area (Å²) in [6.45, 7) is 9.85. The summed E-state index contributed by atoms with van der Waals surface area (Å²) in [6.07, 6.45) is 0.852. The molecule has 4 N–H and O–H groups in total. The molecule has 0 fully saturated rings. The SMILES string of the molecule is Cc1cccc(C)c1C(N)CC[N-]CC(N)c1c(C)cccc1C.[Br][Co+][Br]. The van der Waals surface area contributed by atoms with E-state index in [1.54, 1.807) is 0 Å². The van der Waals surface area contributed by atoms with Gasteiger partial charge in [-0.2, -0.15) is 0 Å². The predicted octanol–water partition coefficient (Wildman–Crippen LogP) is 6.07. The number of hydrogen-bond donors (Lipinski definition) is 2. The molecule has 2 atom stereocenters. The first-order chi connectivity index (χ1) is 12.8. The average Bonchev–Trinajstić information content (AvgIpc) is 2.59. The van der Waals surface area contributed by atoms with Crippen molar-refractivity contribution >= 4 is 28.3 Å². The monoisotopic (exact) mass is 541 g/mol. The Hall–Kier alpha value is -0.214. The maximum absolute atomic E-state index is 6.38. The second-order valence-corrected chi connectivity index (χ2v) is 12.0. The summed E-state index contributed by atoms with van der Waals surface area (Å²) in [5.74, 6) is 0. The minimum atomic E-state index is -0.0392. The summed E-state index contributed by atoms with van der Waals surface area (Å²) in [4.78, 5) is 0. The van der Waals surface area contributed by atoms with Crippen molar-refractivity contribution in [3.05, 3.63) is 75.1 Å². The molecule has 2 aromatic carbocycles. The molecule has 6 heteroatoms. The molecule has 152 valence electrons. The van der Waals surface area contributed by atoms with Gasteiger partial charge in [-0.05, 0) is 61.1 Å². The number of nitrogens with two attached hydrogens (primary N) is 2. The van der Waals surface area contributed by atoms with Gasteiger partial charge < -0.3 is 16.8 Å². The maximum atomic E-state index is 6.38. The first-order valence-electron chi connectivity index (χ1n) is 8.93. The van der Waals surface area contributed by atoms with E-state index in [1.807, 2.05) is 0 Å². The van der Waals surface area contributed by atoms with Crippen molar-refractivity contribution < 1.29 is 11.1 Å². The summed E-state index contributed by atoms with van der Waals surface area (Å²) < 4.78 is 0. The van der Waals surface area contributed by atoms with Crippen molar-refractivity contribution in [2.24, 2.45) is 11.5 Å². The van der Waals surface area contributed by atoms with Gasteiger partial charge in [0.2, 0.25) is 0 Å². The zero-order valence-corrected chi connectivity index (χ0v) is 20.6. The Labute approximate surface area is 184 Å². The summed E-state index contributed by atoms with van der Waals surface area (Å²) in [7, 11) is 0. The Morgan fingerprint density at radius 2 is 1.19 bits per heavy atom. The predicted molar refractivity (Wildman–Crippen MR) is 121 cm³/mol. The Bertz CT molecular complexity index is 610. The van der Waals surface area contributed by atoms with Crippen LogP contribution in [0.1, 0.15) is 51.9 Å². The van der Waals surface area contributed by atoms with Crippen LogP contribution in [0.25, 0.3) is 5.32 Å². The molecular weight excluding hydrogens is 513 g/mol. The molecule has 0 spiro atoms. The van der Waals surface area contributed by atoms with E-state index in [0.717, 1.165) is 24.1 Å². The zero-order chi connectivity index (χ0) is 20.4. The van der Waals surface area contributed by atoms with Gasteiger partial charge in [-0.25, -0.2) is 0 Å². The fraction of sp³-hybridized carbons (Fsp3) is 0.429. The fourth-order valence-electron chi connectivity index (χ4n) is 3.52. The summed E-state index contributed by atoms with van der Waals surface area (Å²) in [5.41, 5.74) is 20.2. The fourth-order valence-corrected chi connectivity index (χ4v) is 3.52. The molecule has 0 aromatic heterocycles. The van der Waals surface area contributed by atoms with Gasteiger partial charge >= 0.3 is 39.5 Å². The van der Waals surface area contributed by atoms with Crippen LogP contribution >= 0.6 is 28.3 Å². The van der Waals surface area contributed by atoms with Gasteiger partial charge in [-0.1, -0.05) is 42.8 Å². The zero-order valence-electron chi connectivity index (χ0n) is 16.4. The van der Waals surface area contributed by atoms with Crippen molar-refractivity contribution in [1.29, 1.82) is 0 Å². The van der Waals surface area contributed by atoms with Crippen LogP contribution in [0.15, 0.2) is 36.4 Å². The number of rotatable bonds is 7. The van der Waals surface area contributed by atoms with Crippen LogP contribution in [0.4, 0.5) is 0 Å². The molecule has 2 aromatic rings. The van der Waals surface area contributed by atoms with Crippen molar-refractivity contribution in [1.82, 2.24) is 0 Å². The van der Waals surface area contributed by atoms with E-state index in [1.165, 1.54) is 33.4 Å². The van der Waals surface area contributed by atoms with E-state index < -0.39 is 0 Å². The summed E-state index contributed by atoms with van der Waals surface area (Å²) in [6, 6.07) is 12.6. The van der Waals surface area contributed by atoms with Crippen LogP contribution < -0.4 is 11.5 Å². The Morgan fingerprint density at radius 1 is 0.815 bits per heavy atom. The number of aryl methyl sites for hydroxylation is 4. The Kier molecular flexibility index (Phi) is 12.0. The molecular formula is C21H30Br2CoN3. The second-order valence-electron chi connectivity index (χ2n) is 6.79. The average molecular weight is 543 g/mol. The summed E-state index contributed by atoms with van der Waals surface area (Å²) >= 11 is 7.12. The normalized spacial score (nSPS) is 13.0. The van der Waals surface area contributed by atoms with Crippen molar-refractivity contribution in [2.75, 3.05) is 13.1 Å². The molecule has 0 aliphatic rings. The molecule has 2 unspecified atom stereocenters. The third kappa shape index (κ3) is 7.97. The summed E-state index contributed by atoms with van der Waals surface area (Å²) in [5, 5.41) is 4.65. The molecule has 0 aliphatic heterocycles. The van der Waals surface area contributed by atoms with Crippen LogP contribution in [0.2, 0.25) is 0 Å². The topological polar surface area (TPSA) is 66.1 Å². The van der Waals surface area contributed by atoms with E-state index in [0.29, 0.717) is 6.54 Å². The molecule has 0 radical (unpaired) electrons. The second kappa shape index (κ2) is 13.1. The van der Waals surface area contributed by atoms with Crippen LogP contribution in [-0.2, 0) is 11.1 Å². The van der Waals surface area contributed by atoms with E-state index in [9.17, 15) is 0 Å². The van der Waals surface area contributed by atoms with Crippen molar-refractivity contribution in [3.63, 3.8) is 0 Å². The molecule has 0 bridgehead atoms. The molecule has 0 heterocycles. The van der Waals surface area contributed by atoms with Gasteiger partial charge in [0.25, 0.3) is 0 Å². The first kappa shape index (κ1) is 24.8. The first-order valence-corrected chi connectivity index (χ1v) is 14.1. The van der Waals surface area contributed by atoms with Crippen LogP contribution in [0, 0.1) is 27.7 Å². The standard InChI is InChI=1S/C21H30N3.2BrH.Co/c1-14-7-5-8-15(2)20(14)18(22)11-12-24-13-19(23)21-16(3)9-6-10-17(21)4;;;/h5-10,18-19H,11-13,22-23H2,1-4H3;2*1H;/q-1;;;+3/p-2. The van der Waals surface area contributed by atoms with Crippen LogP contribution in [0.5, 0.6) is 0 Å². The number of halogens is 2. The molecule has 2 rings (SSSR count). The number of hydrogen-bond acceptors (Lipinski definition) is 2.